The van der Waals surface area contributed by atoms with Crippen molar-refractivity contribution in [2.45, 2.75) is 32.4 Å². The van der Waals surface area contributed by atoms with Gasteiger partial charge in [-0.15, -0.1) is 0 Å². The first-order valence-corrected chi connectivity index (χ1v) is 10.9. The minimum absolute atomic E-state index is 0.00123. The Morgan fingerprint density at radius 1 is 1.00 bits per heavy atom. The topological polar surface area (TPSA) is 32.3 Å². The maximum Gasteiger partial charge on any atom is 0.224 e. The summed E-state index contributed by atoms with van der Waals surface area (Å²) in [4.78, 5) is 15.4. The van der Waals surface area contributed by atoms with E-state index in [-0.39, 0.29) is 24.2 Å². The number of hydrogen-bond donors (Lipinski definition) is 1. The molecule has 3 aromatic carbocycles. The molecule has 160 valence electrons. The fourth-order valence-electron chi connectivity index (χ4n) is 4.49. The molecule has 0 radical (unpaired) electrons. The molecule has 2 atom stereocenters. The van der Waals surface area contributed by atoms with E-state index in [0.29, 0.717) is 18.0 Å². The van der Waals surface area contributed by atoms with Crippen LogP contribution in [0.15, 0.2) is 78.9 Å². The number of nitrogens with one attached hydrogen (secondary N) is 1. The summed E-state index contributed by atoms with van der Waals surface area (Å²) in [7, 11) is 0. The number of amides is 1. The fraction of sp³-hybridized carbons (Fsp3) is 0.296. The summed E-state index contributed by atoms with van der Waals surface area (Å²) in [6.07, 6.45) is 0.803. The Hall–Kier alpha value is -2.98. The zero-order valence-corrected chi connectivity index (χ0v) is 17.9. The average molecular weight is 417 g/mol. The molecule has 1 fully saturated rings. The van der Waals surface area contributed by atoms with Gasteiger partial charge >= 0.3 is 0 Å². The van der Waals surface area contributed by atoms with Gasteiger partial charge in [-0.25, -0.2) is 4.39 Å². The van der Waals surface area contributed by atoms with Crippen LogP contribution in [0.5, 0.6) is 0 Å². The lowest BCUT2D eigenvalue weighted by atomic mass is 9.83. The highest BCUT2D eigenvalue weighted by Gasteiger charge is 2.32. The van der Waals surface area contributed by atoms with Crippen molar-refractivity contribution in [2.75, 3.05) is 13.1 Å². The Balaban J connectivity index is 1.49. The van der Waals surface area contributed by atoms with E-state index in [9.17, 15) is 9.18 Å². The standard InChI is InChI=1S/C27H29FN2O/c1-20-8-7-12-22(14-20)24-15-25(19-30(18-24)17-21-9-3-2-4-10-21)27(31)29-16-23-11-5-6-13-26(23)28/h2-14,24-25H,15-19H2,1H3,(H,29,31)/t24-,25-/m1/s1. The van der Waals surface area contributed by atoms with Gasteiger partial charge in [0.1, 0.15) is 5.82 Å². The van der Waals surface area contributed by atoms with Gasteiger partial charge in [0.05, 0.1) is 5.92 Å². The molecule has 0 aromatic heterocycles. The van der Waals surface area contributed by atoms with Gasteiger partial charge in [-0.3, -0.25) is 9.69 Å². The van der Waals surface area contributed by atoms with Crippen LogP contribution in [0.4, 0.5) is 4.39 Å². The summed E-state index contributed by atoms with van der Waals surface area (Å²) in [6, 6.07) is 25.6. The van der Waals surface area contributed by atoms with Crippen molar-refractivity contribution in [3.63, 3.8) is 0 Å². The second kappa shape index (κ2) is 9.88. The number of rotatable bonds is 6. The van der Waals surface area contributed by atoms with E-state index >= 15 is 0 Å². The molecule has 3 aromatic rings. The normalized spacial score (nSPS) is 19.2. The van der Waals surface area contributed by atoms with Crippen molar-refractivity contribution in [3.8, 4) is 0 Å². The van der Waals surface area contributed by atoms with Crippen LogP contribution < -0.4 is 5.32 Å². The molecule has 0 unspecified atom stereocenters. The van der Waals surface area contributed by atoms with Gasteiger partial charge in [-0.1, -0.05) is 78.4 Å². The molecule has 0 bridgehead atoms. The Morgan fingerprint density at radius 2 is 1.77 bits per heavy atom. The van der Waals surface area contributed by atoms with E-state index in [1.54, 1.807) is 18.2 Å². The van der Waals surface area contributed by atoms with Crippen LogP contribution in [0.3, 0.4) is 0 Å². The van der Waals surface area contributed by atoms with Crippen molar-refractivity contribution in [1.82, 2.24) is 10.2 Å². The Bertz CT molecular complexity index is 1020. The van der Waals surface area contributed by atoms with Crippen molar-refractivity contribution in [1.29, 1.82) is 0 Å². The number of aryl methyl sites for hydroxylation is 1. The van der Waals surface area contributed by atoms with Crippen LogP contribution in [0, 0.1) is 18.7 Å². The maximum absolute atomic E-state index is 13.9. The van der Waals surface area contributed by atoms with Gasteiger partial charge in [0.25, 0.3) is 0 Å². The van der Waals surface area contributed by atoms with E-state index < -0.39 is 0 Å². The van der Waals surface area contributed by atoms with Gasteiger partial charge in [0.2, 0.25) is 5.91 Å². The minimum atomic E-state index is -0.283. The highest BCUT2D eigenvalue weighted by atomic mass is 19.1. The van der Waals surface area contributed by atoms with E-state index in [1.165, 1.54) is 22.8 Å². The number of nitrogens with zero attached hydrogens (tertiary/aromatic N) is 1. The fourth-order valence-corrected chi connectivity index (χ4v) is 4.49. The Labute approximate surface area is 183 Å². The number of carbonyl (C=O) groups is 1. The highest BCUT2D eigenvalue weighted by molar-refractivity contribution is 5.79. The number of carbonyl (C=O) groups excluding carboxylic acids is 1. The molecule has 0 aliphatic carbocycles. The first kappa shape index (κ1) is 21.3. The lowest BCUT2D eigenvalue weighted by Gasteiger charge is -2.37. The second-order valence-corrected chi connectivity index (χ2v) is 8.53. The molecule has 0 saturated carbocycles. The van der Waals surface area contributed by atoms with Crippen molar-refractivity contribution in [3.05, 3.63) is 107 Å². The van der Waals surface area contributed by atoms with E-state index in [2.05, 4.69) is 65.7 Å². The molecule has 1 aliphatic rings. The maximum atomic E-state index is 13.9. The summed E-state index contributed by atoms with van der Waals surface area (Å²) in [5.74, 6) is -0.121. The summed E-state index contributed by atoms with van der Waals surface area (Å²) in [5.41, 5.74) is 4.28. The molecule has 31 heavy (non-hydrogen) atoms. The van der Waals surface area contributed by atoms with Crippen LogP contribution in [-0.4, -0.2) is 23.9 Å². The van der Waals surface area contributed by atoms with Crippen molar-refractivity contribution in [2.24, 2.45) is 5.92 Å². The Kier molecular flexibility index (Phi) is 6.78. The van der Waals surface area contributed by atoms with E-state index in [4.69, 9.17) is 0 Å². The third-order valence-electron chi connectivity index (χ3n) is 6.07. The zero-order chi connectivity index (χ0) is 21.6. The lowest BCUT2D eigenvalue weighted by molar-refractivity contribution is -0.127. The molecule has 1 aliphatic heterocycles. The Morgan fingerprint density at radius 3 is 2.55 bits per heavy atom. The predicted molar refractivity (Wildman–Crippen MR) is 122 cm³/mol. The van der Waals surface area contributed by atoms with Gasteiger partial charge in [-0.2, -0.15) is 0 Å². The molecule has 4 heteroatoms. The zero-order valence-electron chi connectivity index (χ0n) is 17.9. The molecule has 1 N–H and O–H groups in total. The summed E-state index contributed by atoms with van der Waals surface area (Å²) in [6.45, 7) is 4.78. The summed E-state index contributed by atoms with van der Waals surface area (Å²) in [5, 5.41) is 2.97. The van der Waals surface area contributed by atoms with Crippen LogP contribution in [0.25, 0.3) is 0 Å². The monoisotopic (exact) mass is 416 g/mol. The van der Waals surface area contributed by atoms with Crippen LogP contribution >= 0.6 is 0 Å². The first-order chi connectivity index (χ1) is 15.1. The number of benzene rings is 3. The van der Waals surface area contributed by atoms with Crippen LogP contribution in [0.1, 0.15) is 34.6 Å². The minimum Gasteiger partial charge on any atom is -0.352 e. The highest BCUT2D eigenvalue weighted by Crippen LogP contribution is 2.32. The summed E-state index contributed by atoms with van der Waals surface area (Å²) < 4.78 is 13.9. The molecule has 3 nitrogen and oxygen atoms in total. The number of likely N-dealkylation sites (tertiary alicyclic amines) is 1. The number of halogens is 1. The van der Waals surface area contributed by atoms with Gasteiger partial charge in [0, 0.05) is 31.7 Å². The largest absolute Gasteiger partial charge is 0.352 e. The number of hydrogen-bond acceptors (Lipinski definition) is 2. The molecule has 1 heterocycles. The lowest BCUT2D eigenvalue weighted by Crippen LogP contribution is -2.45. The SMILES string of the molecule is Cc1cccc([C@@H]2C[C@@H](C(=O)NCc3ccccc3F)CN(Cc3ccccc3)C2)c1. The van der Waals surface area contributed by atoms with E-state index in [1.807, 2.05) is 6.07 Å². The average Bonchev–Trinajstić information content (AvgIpc) is 2.79. The molecule has 4 rings (SSSR count). The quantitative estimate of drug-likeness (QED) is 0.609. The third-order valence-corrected chi connectivity index (χ3v) is 6.07. The van der Waals surface area contributed by atoms with Gasteiger partial charge < -0.3 is 5.32 Å². The molecule has 1 saturated heterocycles. The van der Waals surface area contributed by atoms with Crippen molar-refractivity contribution < 1.29 is 9.18 Å². The third kappa shape index (κ3) is 5.59. The molecule has 1 amide bonds. The first-order valence-electron chi connectivity index (χ1n) is 10.9. The van der Waals surface area contributed by atoms with Crippen LogP contribution in [0.2, 0.25) is 0 Å². The molecule has 0 spiro atoms. The van der Waals surface area contributed by atoms with E-state index in [0.717, 1.165) is 19.5 Å². The van der Waals surface area contributed by atoms with Crippen molar-refractivity contribution >= 4 is 5.91 Å². The smallest absolute Gasteiger partial charge is 0.224 e. The predicted octanol–water partition coefficient (Wildman–Crippen LogP) is 5.06. The van der Waals surface area contributed by atoms with Gasteiger partial charge in [-0.05, 0) is 36.5 Å². The summed E-state index contributed by atoms with van der Waals surface area (Å²) >= 11 is 0. The molecular weight excluding hydrogens is 387 g/mol. The molecular formula is C27H29FN2O. The second-order valence-electron chi connectivity index (χ2n) is 8.53. The number of piperidine rings is 1. The van der Waals surface area contributed by atoms with Crippen LogP contribution in [-0.2, 0) is 17.9 Å². The van der Waals surface area contributed by atoms with Gasteiger partial charge in [0.15, 0.2) is 0 Å².